The fourth-order valence-electron chi connectivity index (χ4n) is 3.33. The van der Waals surface area contributed by atoms with Crippen LogP contribution < -0.4 is 20.8 Å². The summed E-state index contributed by atoms with van der Waals surface area (Å²) in [6.45, 7) is 4.74. The fraction of sp³-hybridized carbons (Fsp3) is 0.280. The zero-order valence-electron chi connectivity index (χ0n) is 19.9. The molecule has 0 amide bonds. The molecule has 0 saturated heterocycles. The summed E-state index contributed by atoms with van der Waals surface area (Å²) >= 11 is 4.94. The van der Waals surface area contributed by atoms with Gasteiger partial charge in [0.1, 0.15) is 0 Å². The van der Waals surface area contributed by atoms with E-state index in [1.807, 2.05) is 12.1 Å². The molecular weight excluding hydrogens is 689 g/mol. The van der Waals surface area contributed by atoms with Crippen LogP contribution in [0.15, 0.2) is 67.4 Å². The third kappa shape index (κ3) is 9.04. The molecule has 0 fully saturated rings. The number of rotatable bonds is 11. The molecule has 3 N–H and O–H groups in total. The van der Waals surface area contributed by atoms with Crippen molar-refractivity contribution in [1.82, 2.24) is 20.0 Å². The van der Waals surface area contributed by atoms with E-state index < -0.39 is 5.82 Å². The number of anilines is 2. The van der Waals surface area contributed by atoms with Gasteiger partial charge in [0, 0.05) is 73.7 Å². The topological polar surface area (TPSA) is 76.0 Å². The molecule has 0 atom stereocenters. The third-order valence-electron chi connectivity index (χ3n) is 5.05. The molecule has 0 aliphatic heterocycles. The largest absolute Gasteiger partial charge is 0.791 e. The van der Waals surface area contributed by atoms with Gasteiger partial charge < -0.3 is 28.0 Å². The minimum absolute atomic E-state index is 0. The first-order valence-corrected chi connectivity index (χ1v) is 11.6. The number of hydrogen-bond donors (Lipinski definition) is 3. The van der Waals surface area contributed by atoms with Gasteiger partial charge in [0.2, 0.25) is 0 Å². The minimum atomic E-state index is -0.449. The van der Waals surface area contributed by atoms with Gasteiger partial charge in [-0.2, -0.15) is 5.75 Å². The van der Waals surface area contributed by atoms with Gasteiger partial charge in [0.25, 0.3) is 0 Å². The Labute approximate surface area is 235 Å². The van der Waals surface area contributed by atoms with Gasteiger partial charge >= 0.3 is 0 Å². The number of aryl methyl sites for hydroxylation is 1. The number of methoxy groups -OCH3 is 1. The van der Waals surface area contributed by atoms with Gasteiger partial charge in [0.05, 0.1) is 24.7 Å². The van der Waals surface area contributed by atoms with Crippen LogP contribution in [0, 0.1) is 43.9 Å². The summed E-state index contributed by atoms with van der Waals surface area (Å²) in [5.41, 5.74) is 7.69. The van der Waals surface area contributed by atoms with E-state index in [-0.39, 0.29) is 36.9 Å². The molecule has 1 aromatic heterocycles. The van der Waals surface area contributed by atoms with Crippen molar-refractivity contribution in [2.75, 3.05) is 43.2 Å². The number of aromatic nitrogens is 3. The van der Waals surface area contributed by atoms with Crippen LogP contribution >= 0.6 is 0 Å². The number of benzene rings is 2. The van der Waals surface area contributed by atoms with E-state index >= 15 is 0 Å². The molecule has 0 saturated carbocycles. The number of nitrogens with one attached hydrogen (secondary N) is 3. The molecule has 0 unspecified atom stereocenters. The Kier molecular flexibility index (Phi) is 13.0. The summed E-state index contributed by atoms with van der Waals surface area (Å²) in [6.07, 6.45) is 9.22. The quantitative estimate of drug-likeness (QED) is 0.201. The van der Waals surface area contributed by atoms with Crippen molar-refractivity contribution in [3.8, 4) is 17.0 Å². The predicted octanol–water partition coefficient (Wildman–Crippen LogP) is 4.34. The van der Waals surface area contributed by atoms with Crippen LogP contribution in [0.2, 0.25) is 0 Å². The van der Waals surface area contributed by atoms with E-state index in [2.05, 4.69) is 39.0 Å². The molecule has 0 aliphatic rings. The van der Waals surface area contributed by atoms with Gasteiger partial charge in [-0.1, -0.05) is 0 Å². The summed E-state index contributed by atoms with van der Waals surface area (Å²) in [5, 5.41) is 6.78. The average molecular weight is 720 g/mol. The molecule has 0 radical (unpaired) electrons. The Morgan fingerprint density at radius 3 is 2.60 bits per heavy atom. The maximum atomic E-state index is 14.4. The van der Waals surface area contributed by atoms with Gasteiger partial charge in [-0.3, -0.25) is 20.1 Å². The third-order valence-corrected chi connectivity index (χ3v) is 5.25. The van der Waals surface area contributed by atoms with Gasteiger partial charge in [-0.05, 0) is 68.4 Å². The van der Waals surface area contributed by atoms with Crippen molar-refractivity contribution in [3.05, 3.63) is 78.8 Å². The molecular formula is C25H30FN6OSU-. The zero-order chi connectivity index (χ0) is 24.2. The summed E-state index contributed by atoms with van der Waals surface area (Å²) in [4.78, 5) is 8.44. The van der Waals surface area contributed by atoms with Gasteiger partial charge in [-0.15, -0.1) is 0 Å². The second-order valence-corrected chi connectivity index (χ2v) is 7.91. The molecule has 0 spiro atoms. The number of ether oxygens (including phenoxy) is 1. The van der Waals surface area contributed by atoms with Crippen molar-refractivity contribution in [1.29, 1.82) is 0 Å². The molecule has 35 heavy (non-hydrogen) atoms. The van der Waals surface area contributed by atoms with Crippen LogP contribution in [0.5, 0.6) is 5.75 Å². The van der Waals surface area contributed by atoms with E-state index in [4.69, 9.17) is 17.4 Å². The minimum Gasteiger partial charge on any atom is -0.791 e. The summed E-state index contributed by atoms with van der Waals surface area (Å²) in [6, 6.07) is 10.9. The van der Waals surface area contributed by atoms with Crippen molar-refractivity contribution in [3.63, 3.8) is 0 Å². The first-order valence-electron chi connectivity index (χ1n) is 11.1. The Morgan fingerprint density at radius 2 is 1.86 bits per heavy atom. The van der Waals surface area contributed by atoms with Crippen LogP contribution in [-0.4, -0.2) is 47.1 Å². The SMILES string of the molecule is COc1ccc(-c2cnccnccn2Nc2ccc(NCCCNCC[S-])c(C)c2)cc1F.[U]. The van der Waals surface area contributed by atoms with Gasteiger partial charge in [0.15, 0.2) is 11.6 Å². The molecule has 3 rings (SSSR count). The van der Waals surface area contributed by atoms with Crippen molar-refractivity contribution >= 4 is 24.0 Å². The average Bonchev–Trinajstić information content (AvgIpc) is 2.94. The monoisotopic (exact) mass is 719 g/mol. The molecule has 10 heteroatoms. The Morgan fingerprint density at radius 1 is 1.03 bits per heavy atom. The Bertz CT molecular complexity index is 1130. The maximum absolute atomic E-state index is 14.4. The first kappa shape index (κ1) is 29.0. The molecule has 184 valence electrons. The van der Waals surface area contributed by atoms with E-state index in [1.165, 1.54) is 13.2 Å². The van der Waals surface area contributed by atoms with Crippen LogP contribution in [0.3, 0.4) is 0 Å². The summed E-state index contributed by atoms with van der Waals surface area (Å²) < 4.78 is 21.2. The van der Waals surface area contributed by atoms with Crippen LogP contribution in [0.1, 0.15) is 12.0 Å². The number of hydrogen-bond acceptors (Lipinski definition) is 7. The van der Waals surface area contributed by atoms with Crippen molar-refractivity contribution in [2.24, 2.45) is 0 Å². The number of nitrogens with zero attached hydrogens (tertiary/aromatic N) is 3. The normalized spacial score (nSPS) is 10.2. The van der Waals surface area contributed by atoms with E-state index in [0.717, 1.165) is 48.7 Å². The molecule has 0 bridgehead atoms. The van der Waals surface area contributed by atoms with Crippen LogP contribution in [-0.2, 0) is 12.6 Å². The van der Waals surface area contributed by atoms with Crippen LogP contribution in [0.4, 0.5) is 15.8 Å². The maximum Gasteiger partial charge on any atom is 0.165 e. The Balaban J connectivity index is 0.00000432. The van der Waals surface area contributed by atoms with Gasteiger partial charge in [-0.25, -0.2) is 4.39 Å². The molecule has 7 nitrogen and oxygen atoms in total. The van der Waals surface area contributed by atoms with E-state index in [9.17, 15) is 4.39 Å². The fourth-order valence-corrected chi connectivity index (χ4v) is 3.47. The number of halogens is 1. The Hall–Kier alpha value is -2.25. The van der Waals surface area contributed by atoms with Crippen molar-refractivity contribution < 1.29 is 40.2 Å². The predicted molar refractivity (Wildman–Crippen MR) is 138 cm³/mol. The van der Waals surface area contributed by atoms with E-state index in [0.29, 0.717) is 11.3 Å². The molecule has 3 aromatic rings. The molecule has 0 aliphatic carbocycles. The summed E-state index contributed by atoms with van der Waals surface area (Å²) in [5.74, 6) is 0.468. The van der Waals surface area contributed by atoms with E-state index in [1.54, 1.807) is 47.8 Å². The zero-order valence-corrected chi connectivity index (χ0v) is 24.9. The first-order chi connectivity index (χ1) is 16.6. The second kappa shape index (κ2) is 15.7. The molecule has 2 aromatic carbocycles. The van der Waals surface area contributed by atoms with Crippen molar-refractivity contribution in [2.45, 2.75) is 13.3 Å². The standard InChI is InChI=1S/C25H31FN6OS.U/c1-19-16-21(5-6-23(19)30-9-3-8-27-13-15-34)31-32-14-12-28-10-11-29-18-24(32)20-4-7-25(33-2)22(26)17-20;/h4-7,10-12,14,16-18,27,30-31,34H,3,8-9,13,15H2,1-2H3;/p-1. The second-order valence-electron chi connectivity index (χ2n) is 7.50. The smallest absolute Gasteiger partial charge is 0.165 e. The van der Waals surface area contributed by atoms with Crippen LogP contribution in [0.25, 0.3) is 11.3 Å². The summed E-state index contributed by atoms with van der Waals surface area (Å²) in [7, 11) is 1.44. The molecule has 1 heterocycles.